The highest BCUT2D eigenvalue weighted by molar-refractivity contribution is 8.03. The number of hydrogen-bond donors (Lipinski definition) is 8. The first kappa shape index (κ1) is 70.6. The zero-order valence-corrected chi connectivity index (χ0v) is 55.3. The number of nitrogens with one attached hydrogen (secondary N) is 6. The molecule has 1 saturated heterocycles. The third-order valence-electron chi connectivity index (χ3n) is 18.0. The summed E-state index contributed by atoms with van der Waals surface area (Å²) in [5, 5.41) is 36.5. The van der Waals surface area contributed by atoms with Gasteiger partial charge in [0.05, 0.1) is 32.2 Å². The summed E-state index contributed by atoms with van der Waals surface area (Å²) in [5.41, 5.74) is 5.91. The van der Waals surface area contributed by atoms with Crippen molar-refractivity contribution in [2.45, 2.75) is 166 Å². The summed E-state index contributed by atoms with van der Waals surface area (Å²) in [5.74, 6) is -9.39. The standard InChI is InChI=1S/C66H87N7O16SSi/c1-12-26-87-57(78)31-50(63(82)73-33-40(74)29-52(73)64(83)84)70-60(79)51-35-90-54-28-39-27-41(86-9)22-23-42(39)47(54)30-49(53(75)24-25-55(76)71-58(36(3)13-2)61(80)67-32-56(77)68-51)69-62(81)59(37(4)38(5)89-91(10,11)66(6,7)8)72-65(85)88-34-48-45-20-16-14-18-43(45)44-19-15-17-21-46(44)48/h12,14-23,27,36-38,40,48-52,58-59,74H,1,13,24-26,28-35H2,2-11H3,(H,67,80)(H,68,77)(H,69,81)(H,70,79)(H,71,76)(H,72,85)(H,83,84)/t36-,37-,38-,40+,49+,50+,51+,52-,58-,59-/m0/s1. The SMILES string of the molecule is C=CCOC(=O)C[C@@H](NC(=O)[C@H]1CSC2=C(C[C@@H](NC(=O)[C@@H](NC(=O)OCC3c4ccccc4-c4ccccc43)[C@@H](C)[C@H](C)O[Si](C)(C)C(C)(C)C)C(=O)CCC(=O)N[C@@H]([C@@H](C)CC)C(=O)NCC(=O)N1)c1ccc(OC)cc1C2)C(=O)N1C[C@H](O)C[C@H]1C(=O)O. The number of fused-ring (bicyclic) bond motifs is 5. The number of nitrogens with zero attached hydrogens (tertiary/aromatic N) is 1. The van der Waals surface area contributed by atoms with E-state index in [4.69, 9.17) is 18.6 Å². The van der Waals surface area contributed by atoms with Gasteiger partial charge in [0.15, 0.2) is 14.1 Å². The van der Waals surface area contributed by atoms with Crippen LogP contribution in [0.4, 0.5) is 4.79 Å². The number of hydrogen-bond acceptors (Lipinski definition) is 16. The molecule has 0 radical (unpaired) electrons. The highest BCUT2D eigenvalue weighted by Gasteiger charge is 2.45. The third kappa shape index (κ3) is 17.6. The predicted octanol–water partition coefficient (Wildman–Crippen LogP) is 5.67. The van der Waals surface area contributed by atoms with Crippen molar-refractivity contribution in [3.8, 4) is 16.9 Å². The van der Waals surface area contributed by atoms with Gasteiger partial charge in [-0.3, -0.25) is 38.4 Å². The number of alkyl carbamates (subject to hydrolysis) is 1. The van der Waals surface area contributed by atoms with Crippen LogP contribution in [0.15, 0.2) is 84.3 Å². The zero-order valence-electron chi connectivity index (χ0n) is 53.4. The number of likely N-dealkylation sites (tertiary alicyclic amines) is 1. The summed E-state index contributed by atoms with van der Waals surface area (Å²) in [7, 11) is -1.02. The molecule has 2 heterocycles. The minimum atomic E-state index is -2.52. The number of thioether (sulfide) groups is 1. The minimum Gasteiger partial charge on any atom is -0.497 e. The van der Waals surface area contributed by atoms with Crippen LogP contribution < -0.4 is 36.6 Å². The molecule has 0 saturated carbocycles. The molecule has 0 unspecified atom stereocenters. The molecular formula is C66H87N7O16SSi. The van der Waals surface area contributed by atoms with Crippen molar-refractivity contribution in [2.75, 3.05) is 39.2 Å². The topological polar surface area (TPSA) is 324 Å². The summed E-state index contributed by atoms with van der Waals surface area (Å²) in [6.45, 7) is 19.6. The van der Waals surface area contributed by atoms with Gasteiger partial charge in [-0.15, -0.1) is 11.8 Å². The molecule has 10 atom stereocenters. The molecule has 3 aromatic carbocycles. The Morgan fingerprint density at radius 2 is 1.56 bits per heavy atom. The van der Waals surface area contributed by atoms with Crippen molar-refractivity contribution < 1.29 is 76.8 Å². The van der Waals surface area contributed by atoms with E-state index in [1.807, 2.05) is 55.5 Å². The number of Topliss-reactive ketones (excluding diaryl/α,β-unsaturated/α-hetero) is 1. The maximum atomic E-state index is 15.4. The van der Waals surface area contributed by atoms with Crippen molar-refractivity contribution in [1.82, 2.24) is 36.8 Å². The second kappa shape index (κ2) is 31.0. The summed E-state index contributed by atoms with van der Waals surface area (Å²) in [4.78, 5) is 143. The zero-order chi connectivity index (χ0) is 66.6. The molecule has 25 heteroatoms. The van der Waals surface area contributed by atoms with Crippen molar-refractivity contribution in [3.63, 3.8) is 0 Å². The Hall–Kier alpha value is -7.87. The first-order valence-electron chi connectivity index (χ1n) is 30.8. The van der Waals surface area contributed by atoms with Gasteiger partial charge in [0.1, 0.15) is 49.2 Å². The molecule has 4 aliphatic rings. The van der Waals surface area contributed by atoms with Crippen LogP contribution in [-0.2, 0) is 63.5 Å². The number of benzene rings is 3. The van der Waals surface area contributed by atoms with Crippen LogP contribution in [0.1, 0.15) is 115 Å². The lowest BCUT2D eigenvalue weighted by molar-refractivity contribution is -0.151. The molecule has 2 aliphatic carbocycles. The van der Waals surface area contributed by atoms with Gasteiger partial charge in [-0.05, 0) is 87.0 Å². The molecule has 492 valence electrons. The van der Waals surface area contributed by atoms with Gasteiger partial charge < -0.3 is 65.7 Å². The number of carbonyl (C=O) groups excluding carboxylic acids is 9. The summed E-state index contributed by atoms with van der Waals surface area (Å²) in [6.07, 6.45) is -3.03. The maximum absolute atomic E-state index is 15.4. The second-order valence-corrected chi connectivity index (χ2v) is 31.1. The van der Waals surface area contributed by atoms with Crippen LogP contribution in [0.5, 0.6) is 5.75 Å². The molecule has 0 spiro atoms. The Morgan fingerprint density at radius 3 is 2.19 bits per heavy atom. The summed E-state index contributed by atoms with van der Waals surface area (Å²) >= 11 is 1.10. The van der Waals surface area contributed by atoms with E-state index in [1.165, 1.54) is 13.2 Å². The number of carboxylic acid groups (broad SMARTS) is 1. The number of carboxylic acids is 1. The smallest absolute Gasteiger partial charge is 0.407 e. The van der Waals surface area contributed by atoms with Gasteiger partial charge in [-0.2, -0.15) is 0 Å². The number of esters is 1. The number of carbonyl (C=O) groups is 10. The molecule has 8 N–H and O–H groups in total. The molecule has 7 rings (SSSR count). The quantitative estimate of drug-likeness (QED) is 0.0384. The highest BCUT2D eigenvalue weighted by atomic mass is 32.2. The van der Waals surface area contributed by atoms with E-state index in [1.54, 1.807) is 39.0 Å². The predicted molar refractivity (Wildman–Crippen MR) is 344 cm³/mol. The number of aliphatic hydroxyl groups excluding tert-OH is 1. The lowest BCUT2D eigenvalue weighted by Gasteiger charge is -2.41. The molecule has 3 aromatic rings. The monoisotopic (exact) mass is 1290 g/mol. The molecule has 7 amide bonds. The molecule has 2 aliphatic heterocycles. The van der Waals surface area contributed by atoms with Gasteiger partial charge in [0.2, 0.25) is 35.4 Å². The number of aliphatic hydroxyl groups is 1. The van der Waals surface area contributed by atoms with Gasteiger partial charge in [-0.25, -0.2) is 9.59 Å². The van der Waals surface area contributed by atoms with Crippen molar-refractivity contribution in [2.24, 2.45) is 11.8 Å². The van der Waals surface area contributed by atoms with E-state index >= 15 is 9.59 Å². The van der Waals surface area contributed by atoms with Gasteiger partial charge in [0.25, 0.3) is 0 Å². The minimum absolute atomic E-state index is 0.0629. The molecule has 1 fully saturated rings. The number of allylic oxidation sites excluding steroid dienone is 1. The van der Waals surface area contributed by atoms with Crippen molar-refractivity contribution in [1.29, 1.82) is 0 Å². The third-order valence-corrected chi connectivity index (χ3v) is 23.8. The fraction of sp³-hybridized carbons (Fsp3) is 0.515. The molecule has 0 bridgehead atoms. The van der Waals surface area contributed by atoms with Crippen molar-refractivity contribution >= 4 is 84.9 Å². The largest absolute Gasteiger partial charge is 0.497 e. The van der Waals surface area contributed by atoms with Crippen molar-refractivity contribution in [3.05, 3.63) is 107 Å². The molecule has 23 nitrogen and oxygen atoms in total. The van der Waals surface area contributed by atoms with E-state index in [0.717, 1.165) is 44.5 Å². The van der Waals surface area contributed by atoms with Crippen LogP contribution in [0.25, 0.3) is 16.7 Å². The van der Waals surface area contributed by atoms with Gasteiger partial charge in [-0.1, -0.05) is 115 Å². The summed E-state index contributed by atoms with van der Waals surface area (Å²) in [6, 6.07) is 12.2. The lowest BCUT2D eigenvalue weighted by atomic mass is 9.93. The first-order valence-corrected chi connectivity index (χ1v) is 34.7. The van der Waals surface area contributed by atoms with Gasteiger partial charge >= 0.3 is 18.0 Å². The maximum Gasteiger partial charge on any atom is 0.407 e. The van der Waals surface area contributed by atoms with Crippen LogP contribution >= 0.6 is 11.8 Å². The van der Waals surface area contributed by atoms with Crippen LogP contribution in [0, 0.1) is 11.8 Å². The lowest BCUT2D eigenvalue weighted by Crippen LogP contribution is -2.58. The van der Waals surface area contributed by atoms with Crippen LogP contribution in [0.2, 0.25) is 18.1 Å². The molecule has 0 aromatic heterocycles. The number of amides is 7. The van der Waals surface area contributed by atoms with E-state index in [2.05, 4.69) is 72.3 Å². The number of rotatable bonds is 20. The van der Waals surface area contributed by atoms with Gasteiger partial charge in [0, 0.05) is 62.3 Å². The van der Waals surface area contributed by atoms with E-state index in [-0.39, 0.29) is 49.2 Å². The molecule has 91 heavy (non-hydrogen) atoms. The average molecular weight is 1290 g/mol. The second-order valence-electron chi connectivity index (χ2n) is 25.3. The number of β-amino-alcohol motifs (C(OH)–C–C–N with tert-alkyl or cyclic N) is 1. The van der Waals surface area contributed by atoms with E-state index in [9.17, 15) is 48.6 Å². The first-order chi connectivity index (χ1) is 43.0. The normalized spacial score (nSPS) is 21.7. The Balaban J connectivity index is 1.27. The highest BCUT2D eigenvalue weighted by Crippen LogP contribution is 2.46. The average Bonchev–Trinajstić information content (AvgIpc) is 1.68. The fourth-order valence-corrected chi connectivity index (χ4v) is 14.2. The number of ether oxygens (including phenoxy) is 3. The summed E-state index contributed by atoms with van der Waals surface area (Å²) < 4.78 is 23.6. The number of methoxy groups -OCH3 is 1. The Kier molecular flexibility index (Phi) is 24.0. The molecular weight excluding hydrogens is 1210 g/mol. The number of aliphatic carboxylic acids is 1. The van der Waals surface area contributed by atoms with Crippen LogP contribution in [-0.4, -0.2) is 170 Å². The Morgan fingerprint density at radius 1 is 0.890 bits per heavy atom. The Bertz CT molecular complexity index is 3250. The van der Waals surface area contributed by atoms with Crippen LogP contribution in [0.3, 0.4) is 0 Å². The Labute approximate surface area is 536 Å². The number of ketones is 1. The fourth-order valence-electron chi connectivity index (χ4n) is 11.5. The van der Waals surface area contributed by atoms with E-state index < -0.39 is 160 Å². The van der Waals surface area contributed by atoms with E-state index in [0.29, 0.717) is 28.2 Å².